The van der Waals surface area contributed by atoms with Gasteiger partial charge in [0.2, 0.25) is 5.91 Å². The quantitative estimate of drug-likeness (QED) is 0.903. The smallest absolute Gasteiger partial charge is 0.326 e. The number of carboxylic acid groups (broad SMARTS) is 1. The summed E-state index contributed by atoms with van der Waals surface area (Å²) in [6.07, 6.45) is 6.62. The van der Waals surface area contributed by atoms with Gasteiger partial charge in [-0.2, -0.15) is 0 Å². The molecule has 3 atom stereocenters. The zero-order valence-corrected chi connectivity index (χ0v) is 11.2. The van der Waals surface area contributed by atoms with E-state index in [1.165, 1.54) is 0 Å². The van der Waals surface area contributed by atoms with Crippen molar-refractivity contribution in [1.29, 1.82) is 0 Å². The molecule has 0 bridgehead atoms. The number of fused-ring (bicyclic) bond motifs is 1. The largest absolute Gasteiger partial charge is 0.480 e. The number of amides is 1. The first kappa shape index (κ1) is 13.1. The minimum Gasteiger partial charge on any atom is -0.480 e. The minimum absolute atomic E-state index is 0.0852. The minimum atomic E-state index is -0.859. The molecule has 20 heavy (non-hydrogen) atoms. The summed E-state index contributed by atoms with van der Waals surface area (Å²) in [6.45, 7) is 0.603. The van der Waals surface area contributed by atoms with Gasteiger partial charge in [-0.15, -0.1) is 0 Å². The predicted octanol–water partition coefficient (Wildman–Crippen LogP) is 1.34. The summed E-state index contributed by atoms with van der Waals surface area (Å²) in [5.74, 6) is -0.424. The summed E-state index contributed by atoms with van der Waals surface area (Å²) in [5.41, 5.74) is 0.881. The van der Waals surface area contributed by atoms with E-state index in [1.807, 2.05) is 0 Å². The number of carboxylic acids is 1. The Morgan fingerprint density at radius 2 is 2.05 bits per heavy atom. The van der Waals surface area contributed by atoms with Crippen LogP contribution < -0.4 is 0 Å². The molecule has 3 rings (SSSR count). The van der Waals surface area contributed by atoms with Crippen LogP contribution in [-0.4, -0.2) is 39.5 Å². The molecule has 1 aliphatic heterocycles. The Morgan fingerprint density at radius 1 is 1.30 bits per heavy atom. The monoisotopic (exact) mass is 274 g/mol. The van der Waals surface area contributed by atoms with Crippen molar-refractivity contribution in [2.45, 2.75) is 31.7 Å². The number of pyridine rings is 1. The van der Waals surface area contributed by atoms with Crippen LogP contribution in [0.1, 0.15) is 24.8 Å². The third-order valence-electron chi connectivity index (χ3n) is 4.57. The molecule has 1 saturated heterocycles. The number of hydrogen-bond donors (Lipinski definition) is 1. The van der Waals surface area contributed by atoms with Gasteiger partial charge in [-0.1, -0.05) is 6.42 Å². The maximum atomic E-state index is 12.4. The Labute approximate surface area is 117 Å². The average molecular weight is 274 g/mol. The van der Waals surface area contributed by atoms with Gasteiger partial charge in [0.1, 0.15) is 6.04 Å². The van der Waals surface area contributed by atoms with Crippen LogP contribution in [0, 0.1) is 11.8 Å². The second kappa shape index (κ2) is 5.23. The van der Waals surface area contributed by atoms with E-state index in [1.54, 1.807) is 29.4 Å². The number of aromatic nitrogens is 1. The number of hydrogen-bond acceptors (Lipinski definition) is 3. The van der Waals surface area contributed by atoms with Crippen molar-refractivity contribution in [2.24, 2.45) is 11.8 Å². The average Bonchev–Trinajstić information content (AvgIpc) is 2.98. The Balaban J connectivity index is 1.75. The first-order chi connectivity index (χ1) is 9.66. The summed E-state index contributed by atoms with van der Waals surface area (Å²) in [5, 5.41) is 9.44. The van der Waals surface area contributed by atoms with Crippen LogP contribution in [0.25, 0.3) is 0 Å². The number of aliphatic carboxylic acids is 1. The summed E-state index contributed by atoms with van der Waals surface area (Å²) >= 11 is 0. The van der Waals surface area contributed by atoms with Crippen molar-refractivity contribution in [1.82, 2.24) is 9.88 Å². The molecule has 106 valence electrons. The Bertz CT molecular complexity index is 517. The first-order valence-corrected chi connectivity index (χ1v) is 7.08. The van der Waals surface area contributed by atoms with Crippen LogP contribution in [0.4, 0.5) is 0 Å². The Hall–Kier alpha value is -1.91. The molecule has 2 aliphatic rings. The van der Waals surface area contributed by atoms with Crippen molar-refractivity contribution in [3.63, 3.8) is 0 Å². The molecule has 0 radical (unpaired) electrons. The first-order valence-electron chi connectivity index (χ1n) is 7.08. The van der Waals surface area contributed by atoms with Crippen molar-refractivity contribution < 1.29 is 14.7 Å². The van der Waals surface area contributed by atoms with Gasteiger partial charge in [0.25, 0.3) is 0 Å². The van der Waals surface area contributed by atoms with Crippen LogP contribution in [0.15, 0.2) is 24.5 Å². The zero-order valence-electron chi connectivity index (χ0n) is 11.2. The highest BCUT2D eigenvalue weighted by Gasteiger charge is 2.49. The number of carbonyl (C=O) groups is 2. The molecule has 5 nitrogen and oxygen atoms in total. The van der Waals surface area contributed by atoms with Crippen LogP contribution in [0.3, 0.4) is 0 Å². The SMILES string of the molecule is O=C(O)C1C2CCCC2CN1C(=O)Cc1ccncc1. The summed E-state index contributed by atoms with van der Waals surface area (Å²) in [6, 6.07) is 2.96. The number of carbonyl (C=O) groups excluding carboxylic acids is 1. The van der Waals surface area contributed by atoms with Gasteiger partial charge in [-0.3, -0.25) is 9.78 Å². The van der Waals surface area contributed by atoms with E-state index in [4.69, 9.17) is 0 Å². The van der Waals surface area contributed by atoms with Gasteiger partial charge in [-0.25, -0.2) is 4.79 Å². The summed E-state index contributed by atoms with van der Waals surface area (Å²) in [4.78, 5) is 29.4. The molecule has 5 heteroatoms. The molecule has 2 heterocycles. The Morgan fingerprint density at radius 3 is 2.75 bits per heavy atom. The van der Waals surface area contributed by atoms with Crippen molar-refractivity contribution in [3.05, 3.63) is 30.1 Å². The molecule has 0 aromatic carbocycles. The third kappa shape index (κ3) is 2.28. The van der Waals surface area contributed by atoms with Crippen molar-refractivity contribution >= 4 is 11.9 Å². The molecule has 1 saturated carbocycles. The van der Waals surface area contributed by atoms with Gasteiger partial charge >= 0.3 is 5.97 Å². The lowest BCUT2D eigenvalue weighted by Crippen LogP contribution is -2.43. The second-order valence-electron chi connectivity index (χ2n) is 5.72. The van der Waals surface area contributed by atoms with Crippen LogP contribution in [0.5, 0.6) is 0 Å². The van der Waals surface area contributed by atoms with Gasteiger partial charge in [0, 0.05) is 18.9 Å². The number of nitrogens with zero attached hydrogens (tertiary/aromatic N) is 2. The standard InChI is InChI=1S/C15H18N2O3/c18-13(8-10-4-6-16-7-5-10)17-9-11-2-1-3-12(11)14(17)15(19)20/h4-7,11-12,14H,1-3,8-9H2,(H,19,20). The molecular weight excluding hydrogens is 256 g/mol. The lowest BCUT2D eigenvalue weighted by Gasteiger charge is -2.24. The zero-order chi connectivity index (χ0) is 14.1. The highest BCUT2D eigenvalue weighted by Crippen LogP contribution is 2.42. The Kier molecular flexibility index (Phi) is 3.42. The highest BCUT2D eigenvalue weighted by atomic mass is 16.4. The lowest BCUT2D eigenvalue weighted by atomic mass is 9.94. The van der Waals surface area contributed by atoms with Crippen LogP contribution >= 0.6 is 0 Å². The van der Waals surface area contributed by atoms with Crippen molar-refractivity contribution in [2.75, 3.05) is 6.54 Å². The molecular formula is C15H18N2O3. The molecule has 1 aromatic heterocycles. The van der Waals surface area contributed by atoms with E-state index in [-0.39, 0.29) is 18.2 Å². The summed E-state index contributed by atoms with van der Waals surface area (Å²) in [7, 11) is 0. The third-order valence-corrected chi connectivity index (χ3v) is 4.57. The fourth-order valence-electron chi connectivity index (χ4n) is 3.66. The maximum absolute atomic E-state index is 12.4. The van der Waals surface area contributed by atoms with E-state index in [9.17, 15) is 14.7 Å². The van der Waals surface area contributed by atoms with E-state index in [2.05, 4.69) is 4.98 Å². The van der Waals surface area contributed by atoms with Crippen LogP contribution in [-0.2, 0) is 16.0 Å². The normalized spacial score (nSPS) is 28.4. The van der Waals surface area contributed by atoms with Gasteiger partial charge in [-0.05, 0) is 42.4 Å². The van der Waals surface area contributed by atoms with Crippen LogP contribution in [0.2, 0.25) is 0 Å². The fraction of sp³-hybridized carbons (Fsp3) is 0.533. The molecule has 1 amide bonds. The fourth-order valence-corrected chi connectivity index (χ4v) is 3.66. The topological polar surface area (TPSA) is 70.5 Å². The molecule has 3 unspecified atom stereocenters. The second-order valence-corrected chi connectivity index (χ2v) is 5.72. The van der Waals surface area contributed by atoms with Crippen molar-refractivity contribution in [3.8, 4) is 0 Å². The molecule has 0 spiro atoms. The molecule has 1 N–H and O–H groups in total. The summed E-state index contributed by atoms with van der Waals surface area (Å²) < 4.78 is 0. The predicted molar refractivity (Wildman–Crippen MR) is 71.9 cm³/mol. The van der Waals surface area contributed by atoms with E-state index >= 15 is 0 Å². The van der Waals surface area contributed by atoms with E-state index < -0.39 is 12.0 Å². The maximum Gasteiger partial charge on any atom is 0.326 e. The molecule has 1 aliphatic carbocycles. The van der Waals surface area contributed by atoms with Gasteiger partial charge in [0.15, 0.2) is 0 Å². The number of likely N-dealkylation sites (tertiary alicyclic amines) is 1. The highest BCUT2D eigenvalue weighted by molar-refractivity contribution is 5.86. The molecule has 1 aromatic rings. The molecule has 2 fully saturated rings. The van der Waals surface area contributed by atoms with Gasteiger partial charge < -0.3 is 10.0 Å². The van der Waals surface area contributed by atoms with E-state index in [0.29, 0.717) is 12.5 Å². The lowest BCUT2D eigenvalue weighted by molar-refractivity contribution is -0.149. The number of rotatable bonds is 3. The van der Waals surface area contributed by atoms with E-state index in [0.717, 1.165) is 24.8 Å². The van der Waals surface area contributed by atoms with Gasteiger partial charge in [0.05, 0.1) is 6.42 Å².